The maximum Gasteiger partial charge on any atom is 0.0207 e. The summed E-state index contributed by atoms with van der Waals surface area (Å²) in [6.45, 7) is 1.10. The molecule has 0 aromatic heterocycles. The van der Waals surface area contributed by atoms with Crippen LogP contribution in [-0.4, -0.2) is 24.1 Å². The highest BCUT2D eigenvalue weighted by Crippen LogP contribution is 2.18. The van der Waals surface area contributed by atoms with E-state index in [1.165, 1.54) is 34.4 Å². The van der Waals surface area contributed by atoms with Crippen molar-refractivity contribution >= 4 is 40.1 Å². The minimum absolute atomic E-state index is 0. The summed E-state index contributed by atoms with van der Waals surface area (Å²) in [7, 11) is 0. The molecule has 1 heterocycles. The average Bonchev–Trinajstić information content (AvgIpc) is 2.33. The van der Waals surface area contributed by atoms with Crippen molar-refractivity contribution in [3.63, 3.8) is 0 Å². The second kappa shape index (κ2) is 8.41. The maximum absolute atomic E-state index is 3.66. The molecule has 0 radical (unpaired) electrons. The topological polar surface area (TPSA) is 12.0 Å². The van der Waals surface area contributed by atoms with Crippen molar-refractivity contribution in [2.45, 2.75) is 25.3 Å². The number of rotatable bonds is 4. The number of hydrogen-bond acceptors (Lipinski definition) is 2. The Morgan fingerprint density at radius 2 is 1.94 bits per heavy atom. The van der Waals surface area contributed by atoms with Gasteiger partial charge in [0.1, 0.15) is 0 Å². The molecular weight excluding hydrogens is 318 g/mol. The van der Waals surface area contributed by atoms with Gasteiger partial charge in [-0.1, -0.05) is 34.1 Å². The molecule has 1 fully saturated rings. The van der Waals surface area contributed by atoms with E-state index in [0.29, 0.717) is 0 Å². The van der Waals surface area contributed by atoms with Gasteiger partial charge in [-0.15, -0.1) is 12.4 Å². The van der Waals surface area contributed by atoms with Gasteiger partial charge < -0.3 is 5.32 Å². The zero-order valence-corrected chi connectivity index (χ0v) is 13.0. The first-order chi connectivity index (χ1) is 7.86. The van der Waals surface area contributed by atoms with Gasteiger partial charge in [0, 0.05) is 10.5 Å². The lowest BCUT2D eigenvalue weighted by molar-refractivity contribution is 0.486. The SMILES string of the molecule is Brc1ccccc1CCNC1CCSCC1.Cl. The molecule has 1 saturated heterocycles. The predicted molar refractivity (Wildman–Crippen MR) is 83.4 cm³/mol. The summed E-state index contributed by atoms with van der Waals surface area (Å²) in [5.41, 5.74) is 1.40. The van der Waals surface area contributed by atoms with Crippen LogP contribution in [0.2, 0.25) is 0 Å². The van der Waals surface area contributed by atoms with E-state index in [1.807, 2.05) is 0 Å². The highest BCUT2D eigenvalue weighted by Gasteiger charge is 2.12. The molecule has 0 spiro atoms. The normalized spacial score (nSPS) is 16.5. The summed E-state index contributed by atoms with van der Waals surface area (Å²) in [6.07, 6.45) is 3.78. The lowest BCUT2D eigenvalue weighted by atomic mass is 10.1. The average molecular weight is 337 g/mol. The lowest BCUT2D eigenvalue weighted by Gasteiger charge is -2.22. The Bertz CT molecular complexity index is 329. The maximum atomic E-state index is 3.66. The van der Waals surface area contributed by atoms with Crippen LogP contribution >= 0.6 is 40.1 Å². The molecule has 0 unspecified atom stereocenters. The minimum atomic E-state index is 0. The molecule has 0 amide bonds. The van der Waals surface area contributed by atoms with Crippen LogP contribution in [0.25, 0.3) is 0 Å². The third kappa shape index (κ3) is 5.21. The van der Waals surface area contributed by atoms with E-state index in [-0.39, 0.29) is 12.4 Å². The first-order valence-electron chi connectivity index (χ1n) is 5.91. The number of halogens is 2. The predicted octanol–water partition coefficient (Wildman–Crippen LogP) is 3.90. The molecule has 1 aromatic carbocycles. The van der Waals surface area contributed by atoms with Gasteiger partial charge in [0.05, 0.1) is 0 Å². The van der Waals surface area contributed by atoms with Gasteiger partial charge in [-0.25, -0.2) is 0 Å². The second-order valence-electron chi connectivity index (χ2n) is 4.18. The van der Waals surface area contributed by atoms with E-state index < -0.39 is 0 Å². The molecule has 0 bridgehead atoms. The Hall–Kier alpha value is 0.300. The Kier molecular flexibility index (Phi) is 7.60. The zero-order valence-electron chi connectivity index (χ0n) is 9.82. The fourth-order valence-corrected chi connectivity index (χ4v) is 3.60. The fraction of sp³-hybridized carbons (Fsp3) is 0.538. The lowest BCUT2D eigenvalue weighted by Crippen LogP contribution is -2.33. The van der Waals surface area contributed by atoms with Gasteiger partial charge in [-0.2, -0.15) is 11.8 Å². The summed E-state index contributed by atoms with van der Waals surface area (Å²) in [5, 5.41) is 3.66. The second-order valence-corrected chi connectivity index (χ2v) is 6.26. The summed E-state index contributed by atoms with van der Waals surface area (Å²) in [6, 6.07) is 9.25. The Labute approximate surface area is 123 Å². The van der Waals surface area contributed by atoms with E-state index in [4.69, 9.17) is 0 Å². The minimum Gasteiger partial charge on any atom is -0.314 e. The fourth-order valence-electron chi connectivity index (χ4n) is 2.01. The zero-order chi connectivity index (χ0) is 11.2. The molecule has 1 nitrogen and oxygen atoms in total. The number of hydrogen-bond donors (Lipinski definition) is 1. The van der Waals surface area contributed by atoms with Gasteiger partial charge >= 0.3 is 0 Å². The van der Waals surface area contributed by atoms with E-state index in [9.17, 15) is 0 Å². The van der Waals surface area contributed by atoms with Gasteiger partial charge in [0.25, 0.3) is 0 Å². The van der Waals surface area contributed by atoms with E-state index in [1.54, 1.807) is 0 Å². The molecule has 1 aliphatic heterocycles. The van der Waals surface area contributed by atoms with Crippen LogP contribution in [0.4, 0.5) is 0 Å². The monoisotopic (exact) mass is 335 g/mol. The van der Waals surface area contributed by atoms with Crippen LogP contribution < -0.4 is 5.32 Å². The molecule has 0 saturated carbocycles. The standard InChI is InChI=1S/C13H18BrNS.ClH/c14-13-4-2-1-3-11(13)5-8-15-12-6-9-16-10-7-12;/h1-4,12,15H,5-10H2;1H. The highest BCUT2D eigenvalue weighted by molar-refractivity contribution is 9.10. The smallest absolute Gasteiger partial charge is 0.0207 e. The van der Waals surface area contributed by atoms with Gasteiger partial charge in [0.15, 0.2) is 0 Å². The van der Waals surface area contributed by atoms with Crippen LogP contribution in [0.3, 0.4) is 0 Å². The van der Waals surface area contributed by atoms with Crippen molar-refractivity contribution in [2.24, 2.45) is 0 Å². The van der Waals surface area contributed by atoms with Crippen molar-refractivity contribution < 1.29 is 0 Å². The van der Waals surface area contributed by atoms with Crippen molar-refractivity contribution in [1.29, 1.82) is 0 Å². The van der Waals surface area contributed by atoms with Gasteiger partial charge in [0.2, 0.25) is 0 Å². The largest absolute Gasteiger partial charge is 0.314 e. The van der Waals surface area contributed by atoms with Crippen LogP contribution in [-0.2, 0) is 6.42 Å². The molecule has 1 aliphatic rings. The molecule has 4 heteroatoms. The highest BCUT2D eigenvalue weighted by atomic mass is 79.9. The number of benzene rings is 1. The molecule has 0 aliphatic carbocycles. The molecule has 1 aromatic rings. The third-order valence-electron chi connectivity index (χ3n) is 3.01. The van der Waals surface area contributed by atoms with Crippen LogP contribution in [0.5, 0.6) is 0 Å². The Morgan fingerprint density at radius 3 is 2.65 bits per heavy atom. The van der Waals surface area contributed by atoms with E-state index in [0.717, 1.165) is 19.0 Å². The van der Waals surface area contributed by atoms with Crippen molar-refractivity contribution in [3.05, 3.63) is 34.3 Å². The van der Waals surface area contributed by atoms with Crippen molar-refractivity contribution in [3.8, 4) is 0 Å². The number of nitrogens with one attached hydrogen (secondary N) is 1. The number of thioether (sulfide) groups is 1. The third-order valence-corrected chi connectivity index (χ3v) is 4.83. The summed E-state index contributed by atoms with van der Waals surface area (Å²) in [4.78, 5) is 0. The Morgan fingerprint density at radius 1 is 1.24 bits per heavy atom. The molecule has 2 rings (SSSR count). The van der Waals surface area contributed by atoms with Crippen molar-refractivity contribution in [1.82, 2.24) is 5.32 Å². The molecule has 96 valence electrons. The summed E-state index contributed by atoms with van der Waals surface area (Å²) >= 11 is 5.67. The Balaban J connectivity index is 0.00000144. The molecule has 0 atom stereocenters. The summed E-state index contributed by atoms with van der Waals surface area (Å²) in [5.74, 6) is 2.65. The van der Waals surface area contributed by atoms with Crippen LogP contribution in [0.1, 0.15) is 18.4 Å². The first kappa shape index (κ1) is 15.4. The molecule has 17 heavy (non-hydrogen) atoms. The van der Waals surface area contributed by atoms with Crippen LogP contribution in [0, 0.1) is 0 Å². The van der Waals surface area contributed by atoms with Gasteiger partial charge in [-0.05, 0) is 48.9 Å². The first-order valence-corrected chi connectivity index (χ1v) is 7.85. The molecular formula is C13H19BrClNS. The van der Waals surface area contributed by atoms with Crippen LogP contribution in [0.15, 0.2) is 28.7 Å². The van der Waals surface area contributed by atoms with Gasteiger partial charge in [-0.3, -0.25) is 0 Å². The van der Waals surface area contributed by atoms with E-state index in [2.05, 4.69) is 57.3 Å². The van der Waals surface area contributed by atoms with E-state index >= 15 is 0 Å². The quantitative estimate of drug-likeness (QED) is 0.895. The molecule has 1 N–H and O–H groups in total. The van der Waals surface area contributed by atoms with Crippen molar-refractivity contribution in [2.75, 3.05) is 18.1 Å². The summed E-state index contributed by atoms with van der Waals surface area (Å²) < 4.78 is 1.23.